The van der Waals surface area contributed by atoms with Crippen LogP contribution < -0.4 is 10.4 Å². The van der Waals surface area contributed by atoms with E-state index in [2.05, 4.69) is 5.32 Å². The number of carbonyl (C=O) groups excluding carboxylic acids is 2. The van der Waals surface area contributed by atoms with Crippen molar-refractivity contribution in [2.24, 2.45) is 23.7 Å². The summed E-state index contributed by atoms with van der Waals surface area (Å²) in [5.41, 5.74) is 0.332. The Balaban J connectivity index is 1.80. The number of fused-ring (bicyclic) bond motifs is 2. The number of allylic oxidation sites excluding steroid dienone is 2. The van der Waals surface area contributed by atoms with E-state index in [-0.39, 0.29) is 17.7 Å². The molecule has 3 rings (SSSR count). The van der Waals surface area contributed by atoms with E-state index in [1.807, 2.05) is 12.2 Å². The molecule has 4 atom stereocenters. The lowest BCUT2D eigenvalue weighted by molar-refractivity contribution is -0.313. The third kappa shape index (κ3) is 2.09. The van der Waals surface area contributed by atoms with Gasteiger partial charge in [-0.2, -0.15) is 0 Å². The van der Waals surface area contributed by atoms with Crippen LogP contribution in [0.2, 0.25) is 0 Å². The van der Waals surface area contributed by atoms with E-state index in [4.69, 9.17) is 0 Å². The molecule has 2 bridgehead atoms. The summed E-state index contributed by atoms with van der Waals surface area (Å²) < 4.78 is 13.1. The van der Waals surface area contributed by atoms with Crippen LogP contribution in [0.25, 0.3) is 0 Å². The number of hydrogen-bond acceptors (Lipinski definition) is 3. The second-order valence-electron chi connectivity index (χ2n) is 5.32. The number of carbonyl (C=O) groups is 2. The molecule has 20 heavy (non-hydrogen) atoms. The number of hydrogen-bond donors (Lipinski definition) is 1. The zero-order valence-corrected chi connectivity index (χ0v) is 10.6. The standard InChI is InChI=1S/C15H14FNO3/c16-10-2-1-3-11(7-10)17-14(18)12-8-4-5-9(6-8)13(12)15(19)20/h1-5,7-9,12-13H,6H2,(H,17,18)(H,19,20)/p-1/t8-,9-,12+,13-/m0/s1. The Labute approximate surface area is 115 Å². The largest absolute Gasteiger partial charge is 0.550 e. The van der Waals surface area contributed by atoms with Crippen LogP contribution in [0.5, 0.6) is 0 Å². The quantitative estimate of drug-likeness (QED) is 0.834. The summed E-state index contributed by atoms with van der Waals surface area (Å²) in [5, 5.41) is 13.8. The number of nitrogens with one attached hydrogen (secondary N) is 1. The van der Waals surface area contributed by atoms with Crippen molar-refractivity contribution >= 4 is 17.6 Å². The molecule has 1 fully saturated rings. The van der Waals surface area contributed by atoms with E-state index in [1.54, 1.807) is 6.07 Å². The molecule has 1 aromatic carbocycles. The van der Waals surface area contributed by atoms with Gasteiger partial charge in [0, 0.05) is 17.6 Å². The Morgan fingerprint density at radius 2 is 1.90 bits per heavy atom. The molecule has 2 aliphatic carbocycles. The Morgan fingerprint density at radius 3 is 2.55 bits per heavy atom. The topological polar surface area (TPSA) is 69.2 Å². The molecular weight excluding hydrogens is 261 g/mol. The van der Waals surface area contributed by atoms with E-state index in [0.29, 0.717) is 12.1 Å². The SMILES string of the molecule is O=C([O-])[C@@H]1[C@H](C(=O)Nc2cccc(F)c2)[C@H]2C=C[C@H]1C2. The van der Waals surface area contributed by atoms with Crippen molar-refractivity contribution in [2.45, 2.75) is 6.42 Å². The minimum atomic E-state index is -1.19. The number of rotatable bonds is 3. The molecular formula is C15H13FNO3-. The van der Waals surface area contributed by atoms with Crippen molar-refractivity contribution < 1.29 is 19.1 Å². The first kappa shape index (κ1) is 12.8. The van der Waals surface area contributed by atoms with Crippen LogP contribution in [0.3, 0.4) is 0 Å². The number of benzene rings is 1. The van der Waals surface area contributed by atoms with Crippen molar-refractivity contribution in [1.82, 2.24) is 0 Å². The van der Waals surface area contributed by atoms with Gasteiger partial charge in [0.05, 0.1) is 5.92 Å². The average Bonchev–Trinajstić information content (AvgIpc) is 2.98. The summed E-state index contributed by atoms with van der Waals surface area (Å²) in [6, 6.07) is 5.54. The Kier molecular flexibility index (Phi) is 3.04. The Hall–Kier alpha value is -2.17. The van der Waals surface area contributed by atoms with Gasteiger partial charge in [-0.05, 0) is 36.5 Å². The summed E-state index contributed by atoms with van der Waals surface area (Å²) in [6.07, 6.45) is 4.40. The van der Waals surface area contributed by atoms with Crippen LogP contribution in [-0.4, -0.2) is 11.9 Å². The molecule has 1 amide bonds. The van der Waals surface area contributed by atoms with Crippen LogP contribution in [0.1, 0.15) is 6.42 Å². The zero-order valence-electron chi connectivity index (χ0n) is 10.6. The maximum Gasteiger partial charge on any atom is 0.228 e. The predicted octanol–water partition coefficient (Wildman–Crippen LogP) is 0.952. The normalized spacial score (nSPS) is 30.4. The van der Waals surface area contributed by atoms with Gasteiger partial charge in [-0.15, -0.1) is 0 Å². The highest BCUT2D eigenvalue weighted by atomic mass is 19.1. The lowest BCUT2D eigenvalue weighted by atomic mass is 9.82. The van der Waals surface area contributed by atoms with Gasteiger partial charge in [0.1, 0.15) is 5.82 Å². The highest BCUT2D eigenvalue weighted by Gasteiger charge is 2.48. The van der Waals surface area contributed by atoms with Crippen LogP contribution in [-0.2, 0) is 9.59 Å². The molecule has 104 valence electrons. The van der Waals surface area contributed by atoms with Crippen molar-refractivity contribution in [1.29, 1.82) is 0 Å². The lowest BCUT2D eigenvalue weighted by Crippen LogP contribution is -2.42. The summed E-state index contributed by atoms with van der Waals surface area (Å²) in [7, 11) is 0. The van der Waals surface area contributed by atoms with Gasteiger partial charge in [0.15, 0.2) is 0 Å². The number of carboxylic acids is 1. The van der Waals surface area contributed by atoms with Crippen molar-refractivity contribution in [3.05, 3.63) is 42.2 Å². The molecule has 0 saturated heterocycles. The summed E-state index contributed by atoms with van der Waals surface area (Å²) in [4.78, 5) is 23.5. The lowest BCUT2D eigenvalue weighted by Gasteiger charge is -2.27. The van der Waals surface area contributed by atoms with E-state index >= 15 is 0 Å². The second kappa shape index (κ2) is 4.74. The van der Waals surface area contributed by atoms with Crippen LogP contribution in [0.15, 0.2) is 36.4 Å². The third-order valence-electron chi connectivity index (χ3n) is 4.13. The molecule has 1 N–H and O–H groups in total. The number of aliphatic carboxylic acids is 1. The first-order chi connectivity index (χ1) is 9.56. The third-order valence-corrected chi connectivity index (χ3v) is 4.13. The van der Waals surface area contributed by atoms with Crippen LogP contribution >= 0.6 is 0 Å². The average molecular weight is 274 g/mol. The minimum absolute atomic E-state index is 0.0727. The fourth-order valence-corrected chi connectivity index (χ4v) is 3.29. The molecule has 0 unspecified atom stereocenters. The van der Waals surface area contributed by atoms with E-state index in [9.17, 15) is 19.1 Å². The molecule has 2 aliphatic rings. The van der Waals surface area contributed by atoms with Crippen LogP contribution in [0, 0.1) is 29.5 Å². The van der Waals surface area contributed by atoms with Gasteiger partial charge in [-0.3, -0.25) is 4.79 Å². The Morgan fingerprint density at radius 1 is 1.20 bits per heavy atom. The number of halogens is 1. The molecule has 0 heterocycles. The highest BCUT2D eigenvalue weighted by Crippen LogP contribution is 2.48. The molecule has 4 nitrogen and oxygen atoms in total. The van der Waals surface area contributed by atoms with Gasteiger partial charge < -0.3 is 15.2 Å². The maximum absolute atomic E-state index is 13.1. The Bertz CT molecular complexity index is 599. The van der Waals surface area contributed by atoms with Gasteiger partial charge in [0.2, 0.25) is 5.91 Å². The first-order valence-electron chi connectivity index (χ1n) is 6.52. The van der Waals surface area contributed by atoms with Gasteiger partial charge in [-0.25, -0.2) is 4.39 Å². The van der Waals surface area contributed by atoms with Crippen LogP contribution in [0.4, 0.5) is 10.1 Å². The minimum Gasteiger partial charge on any atom is -0.550 e. The second-order valence-corrected chi connectivity index (χ2v) is 5.32. The number of amides is 1. The van der Waals surface area contributed by atoms with Crippen molar-refractivity contribution in [3.63, 3.8) is 0 Å². The molecule has 1 saturated carbocycles. The predicted molar refractivity (Wildman–Crippen MR) is 67.8 cm³/mol. The van der Waals surface area contributed by atoms with Gasteiger partial charge >= 0.3 is 0 Å². The number of anilines is 1. The van der Waals surface area contributed by atoms with Crippen molar-refractivity contribution in [2.75, 3.05) is 5.32 Å². The molecule has 0 aliphatic heterocycles. The number of carboxylic acid groups (broad SMARTS) is 1. The fourth-order valence-electron chi connectivity index (χ4n) is 3.29. The molecule has 0 spiro atoms. The van der Waals surface area contributed by atoms with Crippen molar-refractivity contribution in [3.8, 4) is 0 Å². The summed E-state index contributed by atoms with van der Waals surface area (Å²) in [6.45, 7) is 0. The van der Waals surface area contributed by atoms with Gasteiger partial charge in [-0.1, -0.05) is 18.2 Å². The molecule has 1 aromatic rings. The summed E-state index contributed by atoms with van der Waals surface area (Å²) in [5.74, 6) is -3.67. The van der Waals surface area contributed by atoms with Gasteiger partial charge in [0.25, 0.3) is 0 Å². The van der Waals surface area contributed by atoms with E-state index in [0.717, 1.165) is 0 Å². The first-order valence-corrected chi connectivity index (χ1v) is 6.52. The monoisotopic (exact) mass is 274 g/mol. The highest BCUT2D eigenvalue weighted by molar-refractivity contribution is 5.96. The molecule has 5 heteroatoms. The summed E-state index contributed by atoms with van der Waals surface area (Å²) >= 11 is 0. The fraction of sp³-hybridized carbons (Fsp3) is 0.333. The zero-order chi connectivity index (χ0) is 14.3. The van der Waals surface area contributed by atoms with E-state index in [1.165, 1.54) is 18.2 Å². The molecule has 0 aromatic heterocycles. The molecule has 0 radical (unpaired) electrons. The maximum atomic E-state index is 13.1. The van der Waals surface area contributed by atoms with E-state index < -0.39 is 23.6 Å². The smallest absolute Gasteiger partial charge is 0.228 e.